The number of amides is 1. The van der Waals surface area contributed by atoms with E-state index < -0.39 is 18.0 Å². The van der Waals surface area contributed by atoms with Crippen molar-refractivity contribution in [3.63, 3.8) is 0 Å². The van der Waals surface area contributed by atoms with Gasteiger partial charge in [0.25, 0.3) is 5.91 Å². The van der Waals surface area contributed by atoms with Gasteiger partial charge in [-0.3, -0.25) is 4.79 Å². The number of fused-ring (bicyclic) bond motifs is 1. The van der Waals surface area contributed by atoms with Gasteiger partial charge in [-0.05, 0) is 42.8 Å². The number of benzene rings is 2. The lowest BCUT2D eigenvalue weighted by Crippen LogP contribution is -2.29. The van der Waals surface area contributed by atoms with Gasteiger partial charge in [-0.25, -0.2) is 4.79 Å². The van der Waals surface area contributed by atoms with Crippen LogP contribution < -0.4 is 19.5 Å². The summed E-state index contributed by atoms with van der Waals surface area (Å²) < 4.78 is 21.2. The second kappa shape index (κ2) is 8.94. The van der Waals surface area contributed by atoms with Gasteiger partial charge >= 0.3 is 5.97 Å². The Labute approximate surface area is 162 Å². The van der Waals surface area contributed by atoms with E-state index in [-0.39, 0.29) is 0 Å². The third-order valence-electron chi connectivity index (χ3n) is 3.98. The summed E-state index contributed by atoms with van der Waals surface area (Å²) in [4.78, 5) is 24.2. The summed E-state index contributed by atoms with van der Waals surface area (Å²) in [6, 6.07) is 12.3. The van der Waals surface area contributed by atoms with Gasteiger partial charge in [0.15, 0.2) is 17.6 Å². The molecule has 3 rings (SSSR count). The first kappa shape index (κ1) is 19.3. The fraction of sp³-hybridized carbons (Fsp3) is 0.238. The molecule has 0 unspecified atom stereocenters. The summed E-state index contributed by atoms with van der Waals surface area (Å²) in [6.45, 7) is 2.46. The number of anilines is 1. The average molecular weight is 383 g/mol. The molecule has 0 fully saturated rings. The largest absolute Gasteiger partial charge is 0.497 e. The molecule has 2 aromatic rings. The predicted molar refractivity (Wildman–Crippen MR) is 104 cm³/mol. The van der Waals surface area contributed by atoms with Gasteiger partial charge in [0.05, 0.1) is 7.11 Å². The zero-order valence-electron chi connectivity index (χ0n) is 15.6. The third-order valence-corrected chi connectivity index (χ3v) is 3.98. The highest BCUT2D eigenvalue weighted by molar-refractivity contribution is 5.96. The van der Waals surface area contributed by atoms with Gasteiger partial charge in [-0.1, -0.05) is 12.1 Å². The normalized spacial score (nSPS) is 13.6. The van der Waals surface area contributed by atoms with E-state index in [1.54, 1.807) is 43.5 Å². The number of ether oxygens (including phenoxy) is 4. The van der Waals surface area contributed by atoms with Gasteiger partial charge < -0.3 is 24.3 Å². The highest BCUT2D eigenvalue weighted by Gasteiger charge is 2.18. The molecule has 1 atom stereocenters. The van der Waals surface area contributed by atoms with E-state index in [2.05, 4.69) is 5.32 Å². The Morgan fingerprint density at radius 2 is 1.89 bits per heavy atom. The molecule has 2 aromatic carbocycles. The first-order valence-corrected chi connectivity index (χ1v) is 8.78. The van der Waals surface area contributed by atoms with Gasteiger partial charge in [0, 0.05) is 17.8 Å². The van der Waals surface area contributed by atoms with Crippen LogP contribution in [0.5, 0.6) is 17.2 Å². The molecule has 0 bridgehead atoms. The lowest BCUT2D eigenvalue weighted by Gasteiger charge is -2.19. The van der Waals surface area contributed by atoms with E-state index in [9.17, 15) is 9.59 Å². The van der Waals surface area contributed by atoms with E-state index >= 15 is 0 Å². The number of hydrogen-bond acceptors (Lipinski definition) is 6. The van der Waals surface area contributed by atoms with Crippen LogP contribution in [-0.2, 0) is 14.3 Å². The van der Waals surface area contributed by atoms with Crippen LogP contribution >= 0.6 is 0 Å². The fourth-order valence-electron chi connectivity index (χ4n) is 2.54. The molecular weight excluding hydrogens is 362 g/mol. The summed E-state index contributed by atoms with van der Waals surface area (Å²) >= 11 is 0. The number of hydrogen-bond donors (Lipinski definition) is 1. The van der Waals surface area contributed by atoms with Crippen molar-refractivity contribution in [2.75, 3.05) is 25.6 Å². The number of carbonyl (C=O) groups is 2. The maximum absolute atomic E-state index is 12.3. The first-order valence-electron chi connectivity index (χ1n) is 8.78. The Morgan fingerprint density at radius 1 is 1.11 bits per heavy atom. The molecule has 0 aliphatic carbocycles. The van der Waals surface area contributed by atoms with Crippen molar-refractivity contribution >= 4 is 23.6 Å². The lowest BCUT2D eigenvalue weighted by atomic mass is 10.2. The minimum Gasteiger partial charge on any atom is -0.497 e. The maximum atomic E-state index is 12.3. The highest BCUT2D eigenvalue weighted by atomic mass is 16.6. The topological polar surface area (TPSA) is 83.1 Å². The minimum atomic E-state index is -0.962. The van der Waals surface area contributed by atoms with Crippen molar-refractivity contribution in [3.05, 3.63) is 54.1 Å². The number of carbonyl (C=O) groups excluding carboxylic acids is 2. The highest BCUT2D eigenvalue weighted by Crippen LogP contribution is 2.32. The number of methoxy groups -OCH3 is 1. The van der Waals surface area contributed by atoms with E-state index in [1.165, 1.54) is 13.0 Å². The molecular formula is C21H21NO6. The Balaban J connectivity index is 1.54. The standard InChI is InChI=1S/C21H21NO6/c1-14(28-20(23)9-6-15-4-3-5-17(12-15)25-2)21(24)22-16-7-8-18-19(13-16)27-11-10-26-18/h3-9,12-14H,10-11H2,1-2H3,(H,22,24)/b9-6+/t14-/m0/s1. The SMILES string of the molecule is COc1cccc(/C=C/C(=O)O[C@@H](C)C(=O)Nc2ccc3c(c2)OCCO3)c1. The summed E-state index contributed by atoms with van der Waals surface area (Å²) in [7, 11) is 1.57. The number of rotatable bonds is 6. The maximum Gasteiger partial charge on any atom is 0.331 e. The van der Waals surface area contributed by atoms with Gasteiger partial charge in [-0.2, -0.15) is 0 Å². The van der Waals surface area contributed by atoms with Crippen LogP contribution in [0.15, 0.2) is 48.5 Å². The molecule has 0 aromatic heterocycles. The van der Waals surface area contributed by atoms with Gasteiger partial charge in [-0.15, -0.1) is 0 Å². The lowest BCUT2D eigenvalue weighted by molar-refractivity contribution is -0.148. The zero-order chi connectivity index (χ0) is 19.9. The molecule has 0 saturated carbocycles. The van der Waals surface area contributed by atoms with Crippen LogP contribution in [0.1, 0.15) is 12.5 Å². The fourth-order valence-corrected chi connectivity index (χ4v) is 2.54. The smallest absolute Gasteiger partial charge is 0.331 e. The molecule has 0 radical (unpaired) electrons. The molecule has 146 valence electrons. The predicted octanol–water partition coefficient (Wildman–Crippen LogP) is 3.05. The van der Waals surface area contributed by atoms with Crippen molar-refractivity contribution in [1.82, 2.24) is 0 Å². The summed E-state index contributed by atoms with van der Waals surface area (Å²) in [5.74, 6) is 0.816. The zero-order valence-corrected chi connectivity index (χ0v) is 15.6. The Morgan fingerprint density at radius 3 is 2.68 bits per heavy atom. The molecule has 7 heteroatoms. The molecule has 28 heavy (non-hydrogen) atoms. The molecule has 0 spiro atoms. The van der Waals surface area contributed by atoms with Crippen molar-refractivity contribution in [2.24, 2.45) is 0 Å². The van der Waals surface area contributed by atoms with Crippen LogP contribution in [0.3, 0.4) is 0 Å². The van der Waals surface area contributed by atoms with Crippen LogP contribution in [0.25, 0.3) is 6.08 Å². The van der Waals surface area contributed by atoms with E-state index in [0.29, 0.717) is 36.1 Å². The molecule has 0 saturated heterocycles. The third kappa shape index (κ3) is 5.03. The van der Waals surface area contributed by atoms with Crippen molar-refractivity contribution < 1.29 is 28.5 Å². The summed E-state index contributed by atoms with van der Waals surface area (Å²) in [5.41, 5.74) is 1.31. The van der Waals surface area contributed by atoms with Gasteiger partial charge in [0.1, 0.15) is 19.0 Å². The second-order valence-corrected chi connectivity index (χ2v) is 6.04. The summed E-state index contributed by atoms with van der Waals surface area (Å²) in [5, 5.41) is 2.69. The first-order chi connectivity index (χ1) is 13.5. The average Bonchev–Trinajstić information content (AvgIpc) is 2.72. The molecule has 1 aliphatic rings. The molecule has 1 aliphatic heterocycles. The Hall–Kier alpha value is -3.48. The molecule has 1 amide bonds. The van der Waals surface area contributed by atoms with Crippen LogP contribution in [-0.4, -0.2) is 38.3 Å². The van der Waals surface area contributed by atoms with Gasteiger partial charge in [0.2, 0.25) is 0 Å². The van der Waals surface area contributed by atoms with Crippen LogP contribution in [0.4, 0.5) is 5.69 Å². The molecule has 1 heterocycles. The van der Waals surface area contributed by atoms with E-state index in [1.807, 2.05) is 12.1 Å². The Kier molecular flexibility index (Phi) is 6.16. The molecule has 7 nitrogen and oxygen atoms in total. The van der Waals surface area contributed by atoms with Crippen molar-refractivity contribution in [2.45, 2.75) is 13.0 Å². The molecule has 1 N–H and O–H groups in total. The van der Waals surface area contributed by atoms with Crippen LogP contribution in [0, 0.1) is 0 Å². The van der Waals surface area contributed by atoms with E-state index in [0.717, 1.165) is 5.56 Å². The second-order valence-electron chi connectivity index (χ2n) is 6.04. The summed E-state index contributed by atoms with van der Waals surface area (Å²) in [6.07, 6.45) is 1.90. The number of nitrogens with one attached hydrogen (secondary N) is 1. The Bertz CT molecular complexity index is 892. The van der Waals surface area contributed by atoms with Crippen molar-refractivity contribution in [1.29, 1.82) is 0 Å². The minimum absolute atomic E-state index is 0.445. The quantitative estimate of drug-likeness (QED) is 0.610. The van der Waals surface area contributed by atoms with Crippen LogP contribution in [0.2, 0.25) is 0 Å². The number of esters is 1. The monoisotopic (exact) mass is 383 g/mol. The van der Waals surface area contributed by atoms with Crippen molar-refractivity contribution in [3.8, 4) is 17.2 Å². The van der Waals surface area contributed by atoms with E-state index in [4.69, 9.17) is 18.9 Å².